The number of rotatable bonds is 7. The van der Waals surface area contributed by atoms with Crippen LogP contribution in [-0.4, -0.2) is 66.1 Å². The van der Waals surface area contributed by atoms with Gasteiger partial charge in [-0.2, -0.15) is 4.98 Å². The molecule has 13 heteroatoms. The Labute approximate surface area is 240 Å². The molecule has 210 valence electrons. The average Bonchev–Trinajstić information content (AvgIpc) is 3.16. The second kappa shape index (κ2) is 11.4. The monoisotopic (exact) mass is 588 g/mol. The van der Waals surface area contributed by atoms with Crippen molar-refractivity contribution in [3.8, 4) is 17.4 Å². The van der Waals surface area contributed by atoms with E-state index in [9.17, 15) is 14.0 Å². The Morgan fingerprint density at radius 3 is 2.77 bits per heavy atom. The molecule has 2 aliphatic heterocycles. The molecular weight excluding hydrogens is 562 g/mol. The van der Waals surface area contributed by atoms with Gasteiger partial charge in [0.2, 0.25) is 11.8 Å². The lowest BCUT2D eigenvalue weighted by Crippen LogP contribution is -2.50. The molecule has 3 atom stereocenters. The van der Waals surface area contributed by atoms with Crippen LogP contribution in [0.3, 0.4) is 0 Å². The third-order valence-corrected chi connectivity index (χ3v) is 7.62. The fraction of sp³-hybridized carbons (Fsp3) is 0.333. The number of carbonyl (C=O) groups excluding carboxylic acids is 2. The number of ether oxygens (including phenoxy) is 2. The van der Waals surface area contributed by atoms with E-state index in [4.69, 9.17) is 32.7 Å². The van der Waals surface area contributed by atoms with Crippen molar-refractivity contribution in [1.29, 1.82) is 0 Å². The van der Waals surface area contributed by atoms with Gasteiger partial charge in [0.15, 0.2) is 0 Å². The molecule has 0 aliphatic carbocycles. The summed E-state index contributed by atoms with van der Waals surface area (Å²) < 4.78 is 25.7. The number of aromatic nitrogens is 2. The van der Waals surface area contributed by atoms with Gasteiger partial charge in [0, 0.05) is 13.6 Å². The first-order valence-corrected chi connectivity index (χ1v) is 13.3. The van der Waals surface area contributed by atoms with E-state index in [0.29, 0.717) is 30.0 Å². The van der Waals surface area contributed by atoms with Crippen molar-refractivity contribution in [3.63, 3.8) is 0 Å². The van der Waals surface area contributed by atoms with Gasteiger partial charge in [-0.1, -0.05) is 35.3 Å². The van der Waals surface area contributed by atoms with E-state index in [1.807, 2.05) is 13.0 Å². The molecule has 5 rings (SSSR count). The number of hydrogen-bond acceptors (Lipinski definition) is 8. The van der Waals surface area contributed by atoms with Crippen LogP contribution in [0.1, 0.15) is 45.7 Å². The van der Waals surface area contributed by atoms with Crippen LogP contribution >= 0.6 is 23.2 Å². The maximum atomic E-state index is 14.2. The first-order valence-electron chi connectivity index (χ1n) is 12.6. The number of alkyl halides is 1. The van der Waals surface area contributed by atoms with Crippen molar-refractivity contribution in [2.24, 2.45) is 0 Å². The normalized spacial score (nSPS) is 20.2. The number of anilines is 2. The van der Waals surface area contributed by atoms with Gasteiger partial charge in [-0.25, -0.2) is 9.37 Å². The number of benzene rings is 2. The summed E-state index contributed by atoms with van der Waals surface area (Å²) in [5.41, 5.74) is 1.80. The number of carbonyl (C=O) groups is 2. The Hall–Kier alpha value is -3.67. The highest BCUT2D eigenvalue weighted by Crippen LogP contribution is 2.40. The topological polar surface area (TPSA) is 118 Å². The molecule has 2 amide bonds. The van der Waals surface area contributed by atoms with Crippen LogP contribution < -0.4 is 25.4 Å². The molecule has 1 saturated heterocycles. The molecule has 0 bridgehead atoms. The van der Waals surface area contributed by atoms with Crippen LogP contribution in [-0.2, 0) is 0 Å². The van der Waals surface area contributed by atoms with Crippen molar-refractivity contribution in [3.05, 3.63) is 63.3 Å². The van der Waals surface area contributed by atoms with Gasteiger partial charge in [0.05, 0.1) is 47.2 Å². The van der Waals surface area contributed by atoms with Crippen molar-refractivity contribution < 1.29 is 23.5 Å². The molecule has 3 aromatic rings. The molecule has 0 radical (unpaired) electrons. The Kier molecular flexibility index (Phi) is 7.97. The third kappa shape index (κ3) is 5.36. The quantitative estimate of drug-likeness (QED) is 0.356. The lowest BCUT2D eigenvalue weighted by Gasteiger charge is -2.27. The number of amides is 2. The summed E-state index contributed by atoms with van der Waals surface area (Å²) >= 11 is 12.8. The maximum Gasteiger partial charge on any atom is 0.258 e. The van der Waals surface area contributed by atoms with Gasteiger partial charge < -0.3 is 30.3 Å². The first kappa shape index (κ1) is 27.9. The smallest absolute Gasteiger partial charge is 0.258 e. The number of fused-ring (bicyclic) bond motifs is 1. The molecule has 1 unspecified atom stereocenters. The van der Waals surface area contributed by atoms with Crippen molar-refractivity contribution in [2.75, 3.05) is 32.6 Å². The van der Waals surface area contributed by atoms with Crippen molar-refractivity contribution in [2.45, 2.75) is 31.6 Å². The minimum absolute atomic E-state index is 0.0337. The molecule has 3 N–H and O–H groups in total. The molecule has 10 nitrogen and oxygen atoms in total. The zero-order valence-electron chi connectivity index (χ0n) is 21.9. The second-order valence-corrected chi connectivity index (χ2v) is 10.3. The molecule has 3 heterocycles. The molecule has 1 aromatic heterocycles. The van der Waals surface area contributed by atoms with E-state index in [1.165, 1.54) is 25.4 Å². The van der Waals surface area contributed by atoms with E-state index < -0.39 is 18.1 Å². The third-order valence-electron chi connectivity index (χ3n) is 7.05. The maximum absolute atomic E-state index is 14.2. The molecule has 2 aromatic carbocycles. The minimum atomic E-state index is -1.20. The molecule has 40 heavy (non-hydrogen) atoms. The number of methoxy groups -OCH3 is 1. The summed E-state index contributed by atoms with van der Waals surface area (Å²) in [6, 6.07) is 7.60. The van der Waals surface area contributed by atoms with Crippen LogP contribution in [0, 0.1) is 0 Å². The Morgan fingerprint density at radius 2 is 2.02 bits per heavy atom. The molecular formula is C27H27Cl2FN6O4. The summed E-state index contributed by atoms with van der Waals surface area (Å²) in [5.74, 6) is 0.0726. The molecule has 0 saturated carbocycles. The van der Waals surface area contributed by atoms with E-state index in [-0.39, 0.29) is 51.7 Å². The van der Waals surface area contributed by atoms with Crippen LogP contribution in [0.4, 0.5) is 16.0 Å². The average molecular weight is 589 g/mol. The summed E-state index contributed by atoms with van der Waals surface area (Å²) in [6.07, 6.45) is 0.626. The first-order chi connectivity index (χ1) is 19.2. The van der Waals surface area contributed by atoms with Crippen LogP contribution in [0.15, 0.2) is 36.5 Å². The minimum Gasteiger partial charge on any atom is -0.495 e. The Bertz CT molecular complexity index is 1480. The number of piperidine rings is 1. The highest BCUT2D eigenvalue weighted by atomic mass is 35.5. The highest BCUT2D eigenvalue weighted by Gasteiger charge is 2.34. The van der Waals surface area contributed by atoms with E-state index in [1.54, 1.807) is 24.1 Å². The van der Waals surface area contributed by atoms with Crippen molar-refractivity contribution >= 4 is 46.7 Å². The van der Waals surface area contributed by atoms with E-state index in [2.05, 4.69) is 25.9 Å². The van der Waals surface area contributed by atoms with Crippen LogP contribution in [0.2, 0.25) is 10.0 Å². The Morgan fingerprint density at radius 1 is 1.23 bits per heavy atom. The molecule has 0 spiro atoms. The van der Waals surface area contributed by atoms with E-state index in [0.717, 1.165) is 5.56 Å². The zero-order valence-corrected chi connectivity index (χ0v) is 23.4. The summed E-state index contributed by atoms with van der Waals surface area (Å²) in [6.45, 7) is 2.72. The lowest BCUT2D eigenvalue weighted by molar-refractivity contribution is 0.0782. The number of nitrogens with zero attached hydrogens (tertiary/aromatic N) is 3. The van der Waals surface area contributed by atoms with E-state index >= 15 is 0 Å². The highest BCUT2D eigenvalue weighted by molar-refractivity contribution is 6.34. The zero-order chi connectivity index (χ0) is 28.6. The second-order valence-electron chi connectivity index (χ2n) is 9.51. The fourth-order valence-corrected chi connectivity index (χ4v) is 5.08. The van der Waals surface area contributed by atoms with Gasteiger partial charge in [0.1, 0.15) is 22.7 Å². The molecule has 1 fully saturated rings. The standard InChI is InChI=1S/C27H27Cl2FN6O4/c1-13-14-5-4-6-21(23(14)26(38)36(13)2)40-25-17(29)11-32-27(35-25)34-20-10-16(28)15(9-22(20)39-3)24(37)33-19-7-8-31-12-18(19)30/h4-6,9-11,13,18-19,31H,7-8,12H2,1-3H3,(H,33,37)(H,32,34,35)/t13-,18+,19?/m0/s1. The van der Waals surface area contributed by atoms with Gasteiger partial charge >= 0.3 is 0 Å². The van der Waals surface area contributed by atoms with Gasteiger partial charge in [-0.3, -0.25) is 9.59 Å². The van der Waals surface area contributed by atoms with Crippen LogP contribution in [0.25, 0.3) is 0 Å². The van der Waals surface area contributed by atoms with Crippen LogP contribution in [0.5, 0.6) is 17.4 Å². The summed E-state index contributed by atoms with van der Waals surface area (Å²) in [5, 5.41) is 8.92. The van der Waals surface area contributed by atoms with Gasteiger partial charge in [0.25, 0.3) is 11.8 Å². The fourth-order valence-electron chi connectivity index (χ4n) is 4.70. The van der Waals surface area contributed by atoms with Gasteiger partial charge in [-0.15, -0.1) is 0 Å². The predicted octanol–water partition coefficient (Wildman–Crippen LogP) is 4.90. The summed E-state index contributed by atoms with van der Waals surface area (Å²) in [7, 11) is 3.16. The van der Waals surface area contributed by atoms with Crippen molar-refractivity contribution in [1.82, 2.24) is 25.5 Å². The molecule has 2 aliphatic rings. The lowest BCUT2D eigenvalue weighted by atomic mass is 10.0. The SMILES string of the molecule is COc1cc(C(=O)NC2CCNC[C@H]2F)c(Cl)cc1Nc1ncc(Cl)c(Oc2cccc3c2C(=O)N(C)[C@H]3C)n1. The number of hydrogen-bond donors (Lipinski definition) is 3. The summed E-state index contributed by atoms with van der Waals surface area (Å²) in [4.78, 5) is 35.9. The largest absolute Gasteiger partial charge is 0.495 e. The van der Waals surface area contributed by atoms with Gasteiger partial charge in [-0.05, 0) is 43.7 Å². The number of halogens is 3. The Balaban J connectivity index is 1.38. The predicted molar refractivity (Wildman–Crippen MR) is 149 cm³/mol. The number of nitrogens with one attached hydrogen (secondary N) is 3.